The third-order valence-electron chi connectivity index (χ3n) is 5.47. The van der Waals surface area contributed by atoms with Crippen molar-refractivity contribution in [2.24, 2.45) is 0 Å². The molecule has 0 saturated carbocycles. The molecule has 0 fully saturated rings. The standard InChI is InChI=1S/C26H33N3O3/c1-5-28(6-2)22-15-13-21(14-16-22)27-24-23(20-11-8-7-9-12-20)25(30)29(26(24)31)17-10-18-32-19(3)4/h7-9,11-16,19,27H,5-6,10,17-18H2,1-4H3. The van der Waals surface area contributed by atoms with E-state index >= 15 is 0 Å². The summed E-state index contributed by atoms with van der Waals surface area (Å²) in [6.07, 6.45) is 0.721. The molecule has 2 aromatic rings. The predicted octanol–water partition coefficient (Wildman–Crippen LogP) is 4.54. The van der Waals surface area contributed by atoms with E-state index in [-0.39, 0.29) is 17.9 Å². The van der Waals surface area contributed by atoms with Gasteiger partial charge in [-0.25, -0.2) is 0 Å². The van der Waals surface area contributed by atoms with Crippen LogP contribution in [0.5, 0.6) is 0 Å². The van der Waals surface area contributed by atoms with Gasteiger partial charge in [-0.05, 0) is 63.9 Å². The monoisotopic (exact) mass is 435 g/mol. The summed E-state index contributed by atoms with van der Waals surface area (Å²) in [5.74, 6) is -0.570. The Morgan fingerprint density at radius 3 is 2.19 bits per heavy atom. The lowest BCUT2D eigenvalue weighted by atomic mass is 10.0. The van der Waals surface area contributed by atoms with E-state index in [1.165, 1.54) is 4.90 Å². The molecule has 1 aliphatic rings. The Labute approximate surface area is 190 Å². The molecule has 0 bridgehead atoms. The molecule has 0 spiro atoms. The lowest BCUT2D eigenvalue weighted by molar-refractivity contribution is -0.137. The summed E-state index contributed by atoms with van der Waals surface area (Å²) in [6.45, 7) is 10.9. The molecule has 0 saturated heterocycles. The fourth-order valence-corrected chi connectivity index (χ4v) is 3.80. The molecule has 1 heterocycles. The third-order valence-corrected chi connectivity index (χ3v) is 5.47. The van der Waals surface area contributed by atoms with Gasteiger partial charge in [-0.1, -0.05) is 30.3 Å². The van der Waals surface area contributed by atoms with E-state index in [0.717, 1.165) is 30.0 Å². The van der Waals surface area contributed by atoms with Crippen LogP contribution in [0, 0.1) is 0 Å². The van der Waals surface area contributed by atoms with Crippen molar-refractivity contribution in [1.29, 1.82) is 0 Å². The number of hydrogen-bond donors (Lipinski definition) is 1. The summed E-state index contributed by atoms with van der Waals surface area (Å²) in [6, 6.07) is 17.3. The normalized spacial score (nSPS) is 14.0. The molecule has 1 N–H and O–H groups in total. The van der Waals surface area contributed by atoms with Crippen LogP contribution >= 0.6 is 0 Å². The Kier molecular flexibility index (Phi) is 8.06. The van der Waals surface area contributed by atoms with Crippen LogP contribution in [-0.2, 0) is 14.3 Å². The van der Waals surface area contributed by atoms with Crippen LogP contribution < -0.4 is 10.2 Å². The molecular formula is C26H33N3O3. The van der Waals surface area contributed by atoms with E-state index in [4.69, 9.17) is 4.74 Å². The minimum Gasteiger partial charge on any atom is -0.379 e. The highest BCUT2D eigenvalue weighted by atomic mass is 16.5. The van der Waals surface area contributed by atoms with Gasteiger partial charge in [-0.15, -0.1) is 0 Å². The van der Waals surface area contributed by atoms with Crippen molar-refractivity contribution in [3.05, 3.63) is 65.9 Å². The zero-order valence-corrected chi connectivity index (χ0v) is 19.4. The lowest BCUT2D eigenvalue weighted by Crippen LogP contribution is -2.34. The van der Waals surface area contributed by atoms with Crippen LogP contribution in [0.25, 0.3) is 5.57 Å². The number of amides is 2. The zero-order valence-electron chi connectivity index (χ0n) is 19.4. The topological polar surface area (TPSA) is 61.9 Å². The van der Waals surface area contributed by atoms with E-state index in [2.05, 4.69) is 24.1 Å². The fraction of sp³-hybridized carbons (Fsp3) is 0.385. The number of nitrogens with zero attached hydrogens (tertiary/aromatic N) is 2. The maximum Gasteiger partial charge on any atom is 0.278 e. The molecule has 6 nitrogen and oxygen atoms in total. The summed E-state index contributed by atoms with van der Waals surface area (Å²) in [5.41, 5.74) is 3.36. The van der Waals surface area contributed by atoms with Crippen LogP contribution in [0.1, 0.15) is 39.7 Å². The third kappa shape index (κ3) is 5.37. The largest absolute Gasteiger partial charge is 0.379 e. The number of imide groups is 1. The van der Waals surface area contributed by atoms with Crippen molar-refractivity contribution in [2.75, 3.05) is 36.5 Å². The minimum absolute atomic E-state index is 0.120. The van der Waals surface area contributed by atoms with Gasteiger partial charge in [0.15, 0.2) is 0 Å². The van der Waals surface area contributed by atoms with E-state index < -0.39 is 0 Å². The first-order valence-electron chi connectivity index (χ1n) is 11.4. The second-order valence-electron chi connectivity index (χ2n) is 8.00. The maximum atomic E-state index is 13.2. The van der Waals surface area contributed by atoms with E-state index in [1.807, 2.05) is 68.4 Å². The first-order chi connectivity index (χ1) is 15.5. The Bertz CT molecular complexity index is 948. The molecule has 0 radical (unpaired) electrons. The summed E-state index contributed by atoms with van der Waals surface area (Å²) in [4.78, 5) is 30.0. The SMILES string of the molecule is CCN(CC)c1ccc(NC2=C(c3ccccc3)C(=O)N(CCCOC(C)C)C2=O)cc1. The van der Waals surface area contributed by atoms with Crippen molar-refractivity contribution in [3.63, 3.8) is 0 Å². The van der Waals surface area contributed by atoms with Gasteiger partial charge in [0, 0.05) is 37.6 Å². The van der Waals surface area contributed by atoms with Crippen LogP contribution in [0.15, 0.2) is 60.3 Å². The second-order valence-corrected chi connectivity index (χ2v) is 8.00. The van der Waals surface area contributed by atoms with Crippen molar-refractivity contribution in [2.45, 2.75) is 40.2 Å². The smallest absolute Gasteiger partial charge is 0.278 e. The first-order valence-corrected chi connectivity index (χ1v) is 11.4. The summed E-state index contributed by atoms with van der Waals surface area (Å²) < 4.78 is 5.57. The van der Waals surface area contributed by atoms with Crippen molar-refractivity contribution >= 4 is 28.8 Å². The average molecular weight is 436 g/mol. The lowest BCUT2D eigenvalue weighted by Gasteiger charge is -2.21. The summed E-state index contributed by atoms with van der Waals surface area (Å²) >= 11 is 0. The molecule has 2 aromatic carbocycles. The molecule has 170 valence electrons. The molecular weight excluding hydrogens is 402 g/mol. The van der Waals surface area contributed by atoms with E-state index in [0.29, 0.717) is 30.8 Å². The van der Waals surface area contributed by atoms with Crippen LogP contribution in [-0.4, -0.2) is 49.1 Å². The van der Waals surface area contributed by atoms with Gasteiger partial charge in [-0.2, -0.15) is 0 Å². The van der Waals surface area contributed by atoms with Crippen molar-refractivity contribution in [1.82, 2.24) is 4.90 Å². The van der Waals surface area contributed by atoms with Gasteiger partial charge in [0.2, 0.25) is 0 Å². The van der Waals surface area contributed by atoms with E-state index in [1.54, 1.807) is 0 Å². The minimum atomic E-state index is -0.300. The quantitative estimate of drug-likeness (QED) is 0.415. The number of nitrogens with one attached hydrogen (secondary N) is 1. The molecule has 6 heteroatoms. The number of ether oxygens (including phenoxy) is 1. The zero-order chi connectivity index (χ0) is 23.1. The molecule has 1 aliphatic heterocycles. The van der Waals surface area contributed by atoms with Gasteiger partial charge in [0.25, 0.3) is 11.8 Å². The first kappa shape index (κ1) is 23.5. The Morgan fingerprint density at radius 2 is 1.59 bits per heavy atom. The molecule has 3 rings (SSSR count). The Balaban J connectivity index is 1.85. The van der Waals surface area contributed by atoms with E-state index in [9.17, 15) is 9.59 Å². The maximum absolute atomic E-state index is 13.2. The summed E-state index contributed by atoms with van der Waals surface area (Å²) in [5, 5.41) is 3.23. The number of carbonyl (C=O) groups excluding carboxylic acids is 2. The number of hydrogen-bond acceptors (Lipinski definition) is 5. The molecule has 0 unspecified atom stereocenters. The van der Waals surface area contributed by atoms with Crippen LogP contribution in [0.2, 0.25) is 0 Å². The van der Waals surface area contributed by atoms with Gasteiger partial charge < -0.3 is 15.0 Å². The van der Waals surface area contributed by atoms with Gasteiger partial charge in [-0.3, -0.25) is 14.5 Å². The molecule has 32 heavy (non-hydrogen) atoms. The Morgan fingerprint density at radius 1 is 0.938 bits per heavy atom. The van der Waals surface area contributed by atoms with Gasteiger partial charge in [0.1, 0.15) is 5.70 Å². The second kappa shape index (κ2) is 11.0. The Hall–Kier alpha value is -3.12. The molecule has 0 aromatic heterocycles. The number of rotatable bonds is 11. The predicted molar refractivity (Wildman–Crippen MR) is 129 cm³/mol. The highest BCUT2D eigenvalue weighted by molar-refractivity contribution is 6.36. The van der Waals surface area contributed by atoms with Crippen molar-refractivity contribution < 1.29 is 14.3 Å². The number of benzene rings is 2. The molecule has 0 aliphatic carbocycles. The number of carbonyl (C=O) groups is 2. The highest BCUT2D eigenvalue weighted by Crippen LogP contribution is 2.31. The van der Waals surface area contributed by atoms with Crippen molar-refractivity contribution in [3.8, 4) is 0 Å². The summed E-state index contributed by atoms with van der Waals surface area (Å²) in [7, 11) is 0. The molecule has 2 amide bonds. The average Bonchev–Trinajstić information content (AvgIpc) is 3.03. The van der Waals surface area contributed by atoms with Gasteiger partial charge >= 0.3 is 0 Å². The molecule has 0 atom stereocenters. The fourth-order valence-electron chi connectivity index (χ4n) is 3.80. The highest BCUT2D eigenvalue weighted by Gasteiger charge is 2.38. The number of anilines is 2. The van der Waals surface area contributed by atoms with Crippen LogP contribution in [0.3, 0.4) is 0 Å². The van der Waals surface area contributed by atoms with Crippen LogP contribution in [0.4, 0.5) is 11.4 Å². The van der Waals surface area contributed by atoms with Gasteiger partial charge in [0.05, 0.1) is 11.7 Å².